The number of nitrogens with one attached hydrogen (secondary N) is 1. The van der Waals surface area contributed by atoms with Crippen LogP contribution in [-0.2, 0) is 9.59 Å². The number of rotatable bonds is 4. The van der Waals surface area contributed by atoms with E-state index in [1.807, 2.05) is 77.2 Å². The first-order valence-corrected chi connectivity index (χ1v) is 11.4. The number of phenolic OH excluding ortho intramolecular Hbond substituents is 1. The molecule has 6 nitrogen and oxygen atoms in total. The Morgan fingerprint density at radius 2 is 1.83 bits per heavy atom. The number of aryl methyl sites for hydroxylation is 2. The fraction of sp³-hybridized carbons (Fsp3) is 0.150. The lowest BCUT2D eigenvalue weighted by Crippen LogP contribution is -2.36. The van der Waals surface area contributed by atoms with Crippen molar-refractivity contribution in [2.75, 3.05) is 11.9 Å². The van der Waals surface area contributed by atoms with Crippen molar-refractivity contribution in [3.05, 3.63) is 59.1 Å². The fourth-order valence-electron chi connectivity index (χ4n) is 2.66. The number of imide groups is 1. The van der Waals surface area contributed by atoms with Crippen LogP contribution in [0.1, 0.15) is 16.7 Å². The van der Waals surface area contributed by atoms with Crippen molar-refractivity contribution in [2.45, 2.75) is 13.8 Å². The highest BCUT2D eigenvalue weighted by Gasteiger charge is 2.36. The Labute approximate surface area is 199 Å². The monoisotopic (exact) mass is 634 g/mol. The Bertz CT molecular complexity index is 1050. The number of halogens is 2. The highest BCUT2D eigenvalue weighted by molar-refractivity contribution is 14.1. The molecule has 1 saturated heterocycles. The number of carbonyl (C=O) groups is 3. The first-order chi connectivity index (χ1) is 13.7. The third kappa shape index (κ3) is 5.12. The first-order valence-electron chi connectivity index (χ1n) is 8.46. The maximum atomic E-state index is 12.6. The average Bonchev–Trinajstić information content (AvgIpc) is 2.90. The van der Waals surface area contributed by atoms with Gasteiger partial charge in [-0.3, -0.25) is 19.3 Å². The molecule has 0 atom stereocenters. The van der Waals surface area contributed by atoms with E-state index in [0.29, 0.717) is 18.4 Å². The van der Waals surface area contributed by atoms with E-state index in [2.05, 4.69) is 5.32 Å². The Morgan fingerprint density at radius 1 is 1.17 bits per heavy atom. The quantitative estimate of drug-likeness (QED) is 0.370. The molecule has 0 radical (unpaired) electrons. The summed E-state index contributed by atoms with van der Waals surface area (Å²) in [6.07, 6.45) is 1.59. The lowest BCUT2D eigenvalue weighted by molar-refractivity contribution is -0.127. The predicted molar refractivity (Wildman–Crippen MR) is 131 cm³/mol. The molecule has 1 aliphatic rings. The number of carbonyl (C=O) groups excluding carboxylic acids is 3. The summed E-state index contributed by atoms with van der Waals surface area (Å²) in [5.41, 5.74) is 3.25. The van der Waals surface area contributed by atoms with Crippen LogP contribution in [0.5, 0.6) is 5.75 Å². The van der Waals surface area contributed by atoms with Gasteiger partial charge >= 0.3 is 0 Å². The summed E-state index contributed by atoms with van der Waals surface area (Å²) in [7, 11) is 0. The zero-order chi connectivity index (χ0) is 21.3. The summed E-state index contributed by atoms with van der Waals surface area (Å²) in [6, 6.07) is 9.12. The molecule has 29 heavy (non-hydrogen) atoms. The minimum Gasteiger partial charge on any atom is -0.506 e. The van der Waals surface area contributed by atoms with Crippen LogP contribution in [0.15, 0.2) is 35.2 Å². The molecule has 2 aromatic rings. The van der Waals surface area contributed by atoms with Crippen LogP contribution in [0.25, 0.3) is 6.08 Å². The number of hydrogen-bond donors (Lipinski definition) is 2. The van der Waals surface area contributed by atoms with Gasteiger partial charge in [0.2, 0.25) is 5.91 Å². The van der Waals surface area contributed by atoms with E-state index in [4.69, 9.17) is 0 Å². The fourth-order valence-corrected chi connectivity index (χ4v) is 5.31. The van der Waals surface area contributed by atoms with Crippen molar-refractivity contribution in [3.63, 3.8) is 0 Å². The van der Waals surface area contributed by atoms with Gasteiger partial charge in [0.1, 0.15) is 12.3 Å². The van der Waals surface area contributed by atoms with Gasteiger partial charge < -0.3 is 10.4 Å². The lowest BCUT2D eigenvalue weighted by Gasteiger charge is -2.14. The normalized spacial score (nSPS) is 15.3. The maximum Gasteiger partial charge on any atom is 0.294 e. The van der Waals surface area contributed by atoms with Gasteiger partial charge in [0.15, 0.2) is 0 Å². The molecule has 9 heteroatoms. The summed E-state index contributed by atoms with van der Waals surface area (Å²) in [5.74, 6) is -0.759. The molecule has 3 amide bonds. The molecule has 1 fully saturated rings. The number of phenols is 1. The molecule has 2 N–H and O–H groups in total. The van der Waals surface area contributed by atoms with Crippen molar-refractivity contribution in [1.82, 2.24) is 4.90 Å². The highest BCUT2D eigenvalue weighted by Crippen LogP contribution is 2.34. The molecular formula is C20H16I2N2O4S. The lowest BCUT2D eigenvalue weighted by atomic mass is 10.1. The van der Waals surface area contributed by atoms with Gasteiger partial charge in [-0.05, 0) is 112 Å². The zero-order valence-corrected chi connectivity index (χ0v) is 20.6. The van der Waals surface area contributed by atoms with Gasteiger partial charge in [-0.15, -0.1) is 0 Å². The number of hydrogen-bond acceptors (Lipinski definition) is 5. The van der Waals surface area contributed by atoms with Crippen LogP contribution in [0.4, 0.5) is 10.5 Å². The van der Waals surface area contributed by atoms with Crippen LogP contribution >= 0.6 is 56.9 Å². The van der Waals surface area contributed by atoms with E-state index < -0.39 is 17.1 Å². The van der Waals surface area contributed by atoms with Crippen LogP contribution in [0.3, 0.4) is 0 Å². The SMILES string of the molecule is Cc1ccc(C)c(NC(=O)CN2C(=O)S/C(=C/c3cc(I)c(O)c(I)c3)C2=O)c1. The summed E-state index contributed by atoms with van der Waals surface area (Å²) >= 11 is 4.80. The van der Waals surface area contributed by atoms with Crippen LogP contribution in [0, 0.1) is 21.0 Å². The molecule has 1 aliphatic heterocycles. The van der Waals surface area contributed by atoms with Gasteiger partial charge in [-0.2, -0.15) is 0 Å². The topological polar surface area (TPSA) is 86.7 Å². The second-order valence-corrected chi connectivity index (χ2v) is 9.79. The van der Waals surface area contributed by atoms with Crippen molar-refractivity contribution in [2.24, 2.45) is 0 Å². The van der Waals surface area contributed by atoms with E-state index in [1.165, 1.54) is 0 Å². The average molecular weight is 634 g/mol. The standard InChI is InChI=1S/C20H16I2N2O4S/c1-10-3-4-11(2)15(5-10)23-17(25)9-24-19(27)16(29-20(24)28)8-12-6-13(21)18(26)14(22)7-12/h3-8,26H,9H2,1-2H3,(H,23,25)/b16-8+. The smallest absolute Gasteiger partial charge is 0.294 e. The number of anilines is 1. The van der Waals surface area contributed by atoms with E-state index in [9.17, 15) is 19.5 Å². The second kappa shape index (κ2) is 9.04. The minimum absolute atomic E-state index is 0.180. The van der Waals surface area contributed by atoms with Crippen LogP contribution in [0.2, 0.25) is 0 Å². The molecule has 0 spiro atoms. The molecule has 0 aliphatic carbocycles. The van der Waals surface area contributed by atoms with Crippen LogP contribution < -0.4 is 5.32 Å². The Morgan fingerprint density at radius 3 is 2.48 bits per heavy atom. The summed E-state index contributed by atoms with van der Waals surface area (Å²) in [6.45, 7) is 3.44. The summed E-state index contributed by atoms with van der Waals surface area (Å²) < 4.78 is 1.29. The third-order valence-electron chi connectivity index (χ3n) is 4.18. The van der Waals surface area contributed by atoms with E-state index in [0.717, 1.165) is 27.8 Å². The largest absolute Gasteiger partial charge is 0.506 e. The minimum atomic E-state index is -0.505. The molecule has 1 heterocycles. The molecule has 0 unspecified atom stereocenters. The maximum absolute atomic E-state index is 12.6. The van der Waals surface area contributed by atoms with Gasteiger partial charge in [0, 0.05) is 5.69 Å². The van der Waals surface area contributed by atoms with E-state index in [-0.39, 0.29) is 17.2 Å². The predicted octanol–water partition coefficient (Wildman–Crippen LogP) is 4.89. The number of nitrogens with zero attached hydrogens (tertiary/aromatic N) is 1. The molecule has 0 aromatic heterocycles. The van der Waals surface area contributed by atoms with Gasteiger partial charge in [0.05, 0.1) is 12.0 Å². The number of benzene rings is 2. The summed E-state index contributed by atoms with van der Waals surface area (Å²) in [5, 5.41) is 12.1. The Kier molecular flexibility index (Phi) is 6.89. The third-order valence-corrected chi connectivity index (χ3v) is 6.73. The van der Waals surface area contributed by atoms with E-state index in [1.54, 1.807) is 18.2 Å². The van der Waals surface area contributed by atoms with Crippen molar-refractivity contribution < 1.29 is 19.5 Å². The molecule has 2 aromatic carbocycles. The molecule has 0 saturated carbocycles. The molecule has 150 valence electrons. The Balaban J connectivity index is 1.75. The van der Waals surface area contributed by atoms with E-state index >= 15 is 0 Å². The number of aromatic hydroxyl groups is 1. The van der Waals surface area contributed by atoms with Crippen LogP contribution in [-0.4, -0.2) is 33.6 Å². The summed E-state index contributed by atoms with van der Waals surface area (Å²) in [4.78, 5) is 38.5. The molecule has 3 rings (SSSR count). The number of thioether (sulfide) groups is 1. The van der Waals surface area contributed by atoms with Crippen molar-refractivity contribution in [1.29, 1.82) is 0 Å². The van der Waals surface area contributed by atoms with Gasteiger partial charge in [0.25, 0.3) is 11.1 Å². The number of amides is 3. The Hall–Kier alpha value is -1.60. The van der Waals surface area contributed by atoms with Gasteiger partial charge in [-0.1, -0.05) is 12.1 Å². The zero-order valence-electron chi connectivity index (χ0n) is 15.5. The second-order valence-electron chi connectivity index (χ2n) is 6.47. The van der Waals surface area contributed by atoms with Crippen molar-refractivity contribution in [3.8, 4) is 5.75 Å². The molecule has 0 bridgehead atoms. The van der Waals surface area contributed by atoms with Crippen molar-refractivity contribution >= 4 is 85.8 Å². The molecular weight excluding hydrogens is 618 g/mol. The highest BCUT2D eigenvalue weighted by atomic mass is 127. The van der Waals surface area contributed by atoms with Gasteiger partial charge in [-0.25, -0.2) is 0 Å². The first kappa shape index (κ1) is 22.1.